The summed E-state index contributed by atoms with van der Waals surface area (Å²) in [5.41, 5.74) is 1.40. The fourth-order valence-corrected chi connectivity index (χ4v) is 2.60. The Morgan fingerprint density at radius 2 is 2.31 bits per heavy atom. The van der Waals surface area contributed by atoms with Gasteiger partial charge in [-0.3, -0.25) is 0 Å². The van der Waals surface area contributed by atoms with E-state index in [1.165, 1.54) is 15.8 Å². The smallest absolute Gasteiger partial charge is 0.0701 e. The first kappa shape index (κ1) is 11.7. The van der Waals surface area contributed by atoms with Crippen LogP contribution in [0.1, 0.15) is 12.0 Å². The van der Waals surface area contributed by atoms with Gasteiger partial charge in [-0.15, -0.1) is 11.3 Å². The Hall–Kier alpha value is 0.620. The predicted molar refractivity (Wildman–Crippen MR) is 66.8 cm³/mol. The van der Waals surface area contributed by atoms with E-state index in [9.17, 15) is 0 Å². The van der Waals surface area contributed by atoms with E-state index in [0.717, 1.165) is 18.4 Å². The third kappa shape index (κ3) is 4.58. The van der Waals surface area contributed by atoms with Crippen molar-refractivity contribution in [3.8, 4) is 0 Å². The van der Waals surface area contributed by atoms with Crippen LogP contribution in [-0.2, 0) is 6.54 Å². The summed E-state index contributed by atoms with van der Waals surface area (Å²) in [7, 11) is 2.16. The molecule has 1 rings (SSSR count). The molecule has 74 valence electrons. The van der Waals surface area contributed by atoms with Crippen LogP contribution in [-0.4, -0.2) is 23.8 Å². The fraction of sp³-hybridized carbons (Fsp3) is 0.556. The molecule has 1 heterocycles. The number of alkyl halides is 1. The minimum Gasteiger partial charge on any atom is -0.302 e. The van der Waals surface area contributed by atoms with E-state index in [-0.39, 0.29) is 0 Å². The summed E-state index contributed by atoms with van der Waals surface area (Å²) < 4.78 is 1.22. The van der Waals surface area contributed by atoms with E-state index < -0.39 is 0 Å². The molecule has 4 heteroatoms. The summed E-state index contributed by atoms with van der Waals surface area (Å²) in [6.07, 6.45) is 1.21. The molecule has 0 aliphatic carbocycles. The number of rotatable bonds is 5. The van der Waals surface area contributed by atoms with Gasteiger partial charge < -0.3 is 4.90 Å². The number of thiophene rings is 1. The summed E-state index contributed by atoms with van der Waals surface area (Å²) in [5, 5.41) is 3.29. The molecule has 0 amide bonds. The minimum atomic E-state index is 1.05. The molecule has 0 aromatic carbocycles. The highest BCUT2D eigenvalue weighted by molar-refractivity contribution is 9.11. The van der Waals surface area contributed by atoms with Gasteiger partial charge in [-0.1, -0.05) is 15.9 Å². The molecule has 0 N–H and O–H groups in total. The van der Waals surface area contributed by atoms with E-state index in [1.807, 2.05) is 0 Å². The minimum absolute atomic E-state index is 1.05. The molecule has 0 fully saturated rings. The molecule has 13 heavy (non-hydrogen) atoms. The van der Waals surface area contributed by atoms with Crippen LogP contribution in [0.3, 0.4) is 0 Å². The van der Waals surface area contributed by atoms with Gasteiger partial charge in [-0.05, 0) is 53.0 Å². The van der Waals surface area contributed by atoms with E-state index >= 15 is 0 Å². The van der Waals surface area contributed by atoms with Gasteiger partial charge in [0.1, 0.15) is 0 Å². The monoisotopic (exact) mass is 325 g/mol. The number of hydrogen-bond donors (Lipinski definition) is 0. The molecule has 0 bridgehead atoms. The molecule has 0 aliphatic heterocycles. The average Bonchev–Trinajstić information content (AvgIpc) is 2.48. The summed E-state index contributed by atoms with van der Waals surface area (Å²) in [6.45, 7) is 2.20. The maximum atomic E-state index is 3.47. The molecule has 0 unspecified atom stereocenters. The zero-order chi connectivity index (χ0) is 9.68. The Bertz CT molecular complexity index is 250. The second-order valence-corrected chi connectivity index (χ2v) is 6.12. The lowest BCUT2D eigenvalue weighted by molar-refractivity contribution is 0.329. The third-order valence-corrected chi connectivity index (χ3v) is 3.86. The van der Waals surface area contributed by atoms with Crippen LogP contribution in [0.4, 0.5) is 0 Å². The van der Waals surface area contributed by atoms with Crippen molar-refractivity contribution in [3.05, 3.63) is 20.8 Å². The standard InChI is InChI=1S/C9H13Br2NS/c1-12(4-2-3-10)6-8-5-9(11)13-7-8/h5,7H,2-4,6H2,1H3. The zero-order valence-electron chi connectivity index (χ0n) is 7.59. The first-order valence-corrected chi connectivity index (χ1v) is 6.99. The molecule has 0 spiro atoms. The Morgan fingerprint density at radius 3 is 2.85 bits per heavy atom. The van der Waals surface area contributed by atoms with Gasteiger partial charge in [0, 0.05) is 11.9 Å². The van der Waals surface area contributed by atoms with E-state index in [1.54, 1.807) is 11.3 Å². The Morgan fingerprint density at radius 1 is 1.54 bits per heavy atom. The summed E-state index contributed by atoms with van der Waals surface area (Å²) in [6, 6.07) is 2.19. The molecule has 1 aromatic heterocycles. The molecule has 1 nitrogen and oxygen atoms in total. The molecular weight excluding hydrogens is 314 g/mol. The van der Waals surface area contributed by atoms with Crippen LogP contribution < -0.4 is 0 Å². The molecular formula is C9H13Br2NS. The van der Waals surface area contributed by atoms with Crippen molar-refractivity contribution in [1.29, 1.82) is 0 Å². The summed E-state index contributed by atoms with van der Waals surface area (Å²) >= 11 is 8.65. The first-order valence-electron chi connectivity index (χ1n) is 4.20. The SMILES string of the molecule is CN(CCCBr)Cc1csc(Br)c1. The van der Waals surface area contributed by atoms with Crippen LogP contribution in [0.2, 0.25) is 0 Å². The fourth-order valence-electron chi connectivity index (χ4n) is 1.15. The van der Waals surface area contributed by atoms with Crippen molar-refractivity contribution >= 4 is 43.2 Å². The van der Waals surface area contributed by atoms with Gasteiger partial charge in [0.05, 0.1) is 3.79 Å². The van der Waals surface area contributed by atoms with Crippen molar-refractivity contribution in [2.75, 3.05) is 18.9 Å². The lowest BCUT2D eigenvalue weighted by Gasteiger charge is -2.14. The van der Waals surface area contributed by atoms with Gasteiger partial charge in [0.2, 0.25) is 0 Å². The lowest BCUT2D eigenvalue weighted by atomic mass is 10.3. The van der Waals surface area contributed by atoms with E-state index in [2.05, 4.69) is 55.3 Å². The van der Waals surface area contributed by atoms with Crippen molar-refractivity contribution in [1.82, 2.24) is 4.90 Å². The van der Waals surface area contributed by atoms with Gasteiger partial charge in [0.15, 0.2) is 0 Å². The highest BCUT2D eigenvalue weighted by atomic mass is 79.9. The normalized spacial score (nSPS) is 11.1. The van der Waals surface area contributed by atoms with Crippen LogP contribution in [0.15, 0.2) is 15.2 Å². The molecule has 0 saturated carbocycles. The second-order valence-electron chi connectivity index (χ2n) is 3.04. The lowest BCUT2D eigenvalue weighted by Crippen LogP contribution is -2.18. The Labute approximate surface area is 100 Å². The highest BCUT2D eigenvalue weighted by Crippen LogP contribution is 2.21. The zero-order valence-corrected chi connectivity index (χ0v) is 11.6. The Kier molecular flexibility index (Phi) is 5.55. The van der Waals surface area contributed by atoms with Gasteiger partial charge in [-0.25, -0.2) is 0 Å². The topological polar surface area (TPSA) is 3.24 Å². The average molecular weight is 327 g/mol. The maximum absolute atomic E-state index is 3.47. The third-order valence-electron chi connectivity index (χ3n) is 1.75. The van der Waals surface area contributed by atoms with Crippen molar-refractivity contribution in [2.45, 2.75) is 13.0 Å². The number of hydrogen-bond acceptors (Lipinski definition) is 2. The molecule has 0 saturated heterocycles. The maximum Gasteiger partial charge on any atom is 0.0701 e. The largest absolute Gasteiger partial charge is 0.302 e. The van der Waals surface area contributed by atoms with Gasteiger partial charge in [0.25, 0.3) is 0 Å². The van der Waals surface area contributed by atoms with Crippen LogP contribution in [0.25, 0.3) is 0 Å². The number of halogens is 2. The second kappa shape index (κ2) is 6.17. The number of nitrogens with zero attached hydrogens (tertiary/aromatic N) is 1. The van der Waals surface area contributed by atoms with Crippen LogP contribution in [0, 0.1) is 0 Å². The van der Waals surface area contributed by atoms with E-state index in [0.29, 0.717) is 0 Å². The molecule has 0 atom stereocenters. The summed E-state index contributed by atoms with van der Waals surface area (Å²) in [4.78, 5) is 2.34. The first-order chi connectivity index (χ1) is 6.22. The molecule has 0 aliphatic rings. The van der Waals surface area contributed by atoms with Crippen LogP contribution >= 0.6 is 43.2 Å². The van der Waals surface area contributed by atoms with Crippen molar-refractivity contribution < 1.29 is 0 Å². The quantitative estimate of drug-likeness (QED) is 0.745. The molecule has 0 radical (unpaired) electrons. The summed E-state index contributed by atoms with van der Waals surface area (Å²) in [5.74, 6) is 0. The van der Waals surface area contributed by atoms with Crippen molar-refractivity contribution in [3.63, 3.8) is 0 Å². The van der Waals surface area contributed by atoms with Gasteiger partial charge >= 0.3 is 0 Å². The Balaban J connectivity index is 2.31. The van der Waals surface area contributed by atoms with Gasteiger partial charge in [-0.2, -0.15) is 0 Å². The predicted octanol–water partition coefficient (Wildman–Crippen LogP) is 3.73. The van der Waals surface area contributed by atoms with E-state index in [4.69, 9.17) is 0 Å². The highest BCUT2D eigenvalue weighted by Gasteiger charge is 2.01. The van der Waals surface area contributed by atoms with Crippen LogP contribution in [0.5, 0.6) is 0 Å². The van der Waals surface area contributed by atoms with Crippen molar-refractivity contribution in [2.24, 2.45) is 0 Å². The molecule has 1 aromatic rings.